The van der Waals surface area contributed by atoms with E-state index in [1.54, 1.807) is 17.8 Å². The Morgan fingerprint density at radius 2 is 2.06 bits per heavy atom. The molecule has 0 aliphatic rings. The van der Waals surface area contributed by atoms with Crippen LogP contribution in [-0.2, 0) is 4.79 Å². The minimum absolute atomic E-state index is 0.122. The van der Waals surface area contributed by atoms with E-state index in [1.165, 1.54) is 0 Å². The third-order valence-electron chi connectivity index (χ3n) is 2.77. The summed E-state index contributed by atoms with van der Waals surface area (Å²) in [6.45, 7) is 3.64. The monoisotopic (exact) mass is 244 g/mol. The predicted molar refractivity (Wildman–Crippen MR) is 71.2 cm³/mol. The molecule has 94 valence electrons. The summed E-state index contributed by atoms with van der Waals surface area (Å²) >= 11 is 0. The molecular weight excluding hydrogens is 228 g/mol. The van der Waals surface area contributed by atoms with Crippen LogP contribution in [0.1, 0.15) is 18.5 Å². The largest absolute Gasteiger partial charge is 0.382 e. The molecule has 1 atom stereocenters. The molecule has 1 amide bonds. The zero-order chi connectivity index (χ0) is 13.1. The smallest absolute Gasteiger partial charge is 0.248 e. The number of carbonyl (C=O) groups is 1. The summed E-state index contributed by atoms with van der Waals surface area (Å²) in [6, 6.07) is 8.92. The molecule has 0 bridgehead atoms. The first-order valence-corrected chi connectivity index (χ1v) is 5.75. The third-order valence-corrected chi connectivity index (χ3v) is 2.77. The molecule has 0 aliphatic heterocycles. The van der Waals surface area contributed by atoms with Crippen LogP contribution in [0, 0.1) is 6.92 Å². The molecule has 0 radical (unpaired) electrons. The number of amides is 1. The van der Waals surface area contributed by atoms with Gasteiger partial charge in [0.2, 0.25) is 5.91 Å². The van der Waals surface area contributed by atoms with Gasteiger partial charge in [-0.1, -0.05) is 18.2 Å². The van der Waals surface area contributed by atoms with Gasteiger partial charge in [0, 0.05) is 17.4 Å². The highest BCUT2D eigenvalue weighted by Crippen LogP contribution is 2.14. The van der Waals surface area contributed by atoms with Crippen molar-refractivity contribution in [3.8, 4) is 0 Å². The molecule has 2 rings (SSSR count). The van der Waals surface area contributed by atoms with Gasteiger partial charge < -0.3 is 11.1 Å². The summed E-state index contributed by atoms with van der Waals surface area (Å²) in [5.41, 5.74) is 7.31. The van der Waals surface area contributed by atoms with E-state index in [0.29, 0.717) is 5.82 Å². The Morgan fingerprint density at radius 1 is 1.39 bits per heavy atom. The number of nitrogens with two attached hydrogens (primary N) is 1. The number of para-hydroxylation sites is 1. The van der Waals surface area contributed by atoms with Crippen LogP contribution >= 0.6 is 0 Å². The number of anilines is 2. The van der Waals surface area contributed by atoms with Crippen molar-refractivity contribution in [2.75, 3.05) is 11.1 Å². The van der Waals surface area contributed by atoms with Gasteiger partial charge in [-0.2, -0.15) is 5.10 Å². The highest BCUT2D eigenvalue weighted by atomic mass is 16.2. The summed E-state index contributed by atoms with van der Waals surface area (Å²) in [5, 5.41) is 6.93. The molecule has 3 N–H and O–H groups in total. The lowest BCUT2D eigenvalue weighted by Crippen LogP contribution is -2.24. The number of nitrogens with zero attached hydrogens (tertiary/aromatic N) is 2. The number of nitrogen functional groups attached to an aromatic ring is 1. The summed E-state index contributed by atoms with van der Waals surface area (Å²) in [5.74, 6) is 0.332. The van der Waals surface area contributed by atoms with Gasteiger partial charge >= 0.3 is 0 Å². The Labute approximate surface area is 106 Å². The van der Waals surface area contributed by atoms with E-state index in [1.807, 2.05) is 37.3 Å². The average Bonchev–Trinajstić information content (AvgIpc) is 2.70. The Bertz CT molecular complexity index is 528. The van der Waals surface area contributed by atoms with Crippen LogP contribution in [-0.4, -0.2) is 15.7 Å². The molecule has 0 spiro atoms. The number of hydrogen-bond acceptors (Lipinski definition) is 3. The van der Waals surface area contributed by atoms with E-state index < -0.39 is 6.04 Å². The van der Waals surface area contributed by atoms with E-state index in [0.717, 1.165) is 11.3 Å². The minimum atomic E-state index is -0.402. The summed E-state index contributed by atoms with van der Waals surface area (Å²) in [6.07, 6.45) is 1.77. The number of benzene rings is 1. The number of hydrogen-bond donors (Lipinski definition) is 2. The zero-order valence-electron chi connectivity index (χ0n) is 10.4. The topological polar surface area (TPSA) is 72.9 Å². The lowest BCUT2D eigenvalue weighted by molar-refractivity contribution is -0.119. The highest BCUT2D eigenvalue weighted by Gasteiger charge is 2.16. The molecule has 1 aromatic carbocycles. The molecule has 1 aromatic heterocycles. The fraction of sp³-hybridized carbons (Fsp3) is 0.231. The second-order valence-corrected chi connectivity index (χ2v) is 4.21. The maximum atomic E-state index is 12.0. The Morgan fingerprint density at radius 3 is 2.61 bits per heavy atom. The van der Waals surface area contributed by atoms with Crippen LogP contribution in [0.4, 0.5) is 11.5 Å². The van der Waals surface area contributed by atoms with Crippen LogP contribution < -0.4 is 11.1 Å². The molecule has 0 aliphatic carbocycles. The standard InChI is InChI=1S/C13H16N4O/c1-9-8-17(16-12(9)14)10(2)13(18)15-11-6-4-3-5-7-11/h3-8,10H,1-2H3,(H2,14,16)(H,15,18). The highest BCUT2D eigenvalue weighted by molar-refractivity contribution is 5.93. The normalized spacial score (nSPS) is 12.1. The SMILES string of the molecule is Cc1cn(C(C)C(=O)Nc2ccccc2)nc1N. The van der Waals surface area contributed by atoms with Crippen LogP contribution in [0.5, 0.6) is 0 Å². The van der Waals surface area contributed by atoms with E-state index in [4.69, 9.17) is 5.73 Å². The summed E-state index contributed by atoms with van der Waals surface area (Å²) < 4.78 is 1.57. The van der Waals surface area contributed by atoms with Crippen molar-refractivity contribution < 1.29 is 4.79 Å². The predicted octanol–water partition coefficient (Wildman–Crippen LogP) is 1.97. The molecule has 1 unspecified atom stereocenters. The first-order chi connectivity index (χ1) is 8.58. The average molecular weight is 244 g/mol. The van der Waals surface area contributed by atoms with E-state index in [9.17, 15) is 4.79 Å². The lowest BCUT2D eigenvalue weighted by Gasteiger charge is -2.12. The third kappa shape index (κ3) is 2.51. The Hall–Kier alpha value is -2.30. The molecule has 18 heavy (non-hydrogen) atoms. The maximum Gasteiger partial charge on any atom is 0.248 e. The number of rotatable bonds is 3. The van der Waals surface area contributed by atoms with Crippen molar-refractivity contribution in [1.29, 1.82) is 0 Å². The minimum Gasteiger partial charge on any atom is -0.382 e. The van der Waals surface area contributed by atoms with Crippen LogP contribution in [0.15, 0.2) is 36.5 Å². The second-order valence-electron chi connectivity index (χ2n) is 4.21. The summed E-state index contributed by atoms with van der Waals surface area (Å²) in [4.78, 5) is 12.0. The second kappa shape index (κ2) is 4.91. The van der Waals surface area contributed by atoms with E-state index >= 15 is 0 Å². The van der Waals surface area contributed by atoms with Crippen LogP contribution in [0.2, 0.25) is 0 Å². The molecule has 5 heteroatoms. The molecule has 0 saturated carbocycles. The Kier molecular flexibility index (Phi) is 3.32. The molecule has 2 aromatic rings. The Balaban J connectivity index is 2.09. The van der Waals surface area contributed by atoms with Gasteiger partial charge in [0.25, 0.3) is 0 Å². The van der Waals surface area contributed by atoms with Gasteiger partial charge in [0.1, 0.15) is 11.9 Å². The maximum absolute atomic E-state index is 12.0. The fourth-order valence-electron chi connectivity index (χ4n) is 1.58. The lowest BCUT2D eigenvalue weighted by atomic mass is 10.2. The molecule has 0 saturated heterocycles. The first-order valence-electron chi connectivity index (χ1n) is 5.75. The fourth-order valence-corrected chi connectivity index (χ4v) is 1.58. The number of nitrogens with one attached hydrogen (secondary N) is 1. The van der Waals surface area contributed by atoms with Crippen molar-refractivity contribution in [3.63, 3.8) is 0 Å². The molecular formula is C13H16N4O. The quantitative estimate of drug-likeness (QED) is 0.867. The van der Waals surface area contributed by atoms with Gasteiger partial charge in [-0.25, -0.2) is 0 Å². The first kappa shape index (κ1) is 12.2. The van der Waals surface area contributed by atoms with E-state index in [2.05, 4.69) is 10.4 Å². The van der Waals surface area contributed by atoms with E-state index in [-0.39, 0.29) is 5.91 Å². The van der Waals surface area contributed by atoms with Gasteiger partial charge in [0.05, 0.1) is 0 Å². The van der Waals surface area contributed by atoms with Crippen molar-refractivity contribution in [2.24, 2.45) is 0 Å². The van der Waals surface area contributed by atoms with Gasteiger partial charge in [-0.05, 0) is 26.0 Å². The van der Waals surface area contributed by atoms with Gasteiger partial charge in [-0.15, -0.1) is 0 Å². The summed E-state index contributed by atoms with van der Waals surface area (Å²) in [7, 11) is 0. The van der Waals surface area contributed by atoms with Crippen molar-refractivity contribution in [1.82, 2.24) is 9.78 Å². The van der Waals surface area contributed by atoms with Crippen molar-refractivity contribution in [3.05, 3.63) is 42.1 Å². The van der Waals surface area contributed by atoms with Gasteiger partial charge in [-0.3, -0.25) is 9.48 Å². The zero-order valence-corrected chi connectivity index (χ0v) is 10.4. The molecule has 5 nitrogen and oxygen atoms in total. The van der Waals surface area contributed by atoms with Crippen LogP contribution in [0.25, 0.3) is 0 Å². The molecule has 0 fully saturated rings. The van der Waals surface area contributed by atoms with Gasteiger partial charge in [0.15, 0.2) is 0 Å². The van der Waals surface area contributed by atoms with Crippen molar-refractivity contribution >= 4 is 17.4 Å². The van der Waals surface area contributed by atoms with Crippen LogP contribution in [0.3, 0.4) is 0 Å². The number of carbonyl (C=O) groups excluding carboxylic acids is 1. The number of aryl methyl sites for hydroxylation is 1. The van der Waals surface area contributed by atoms with Crippen molar-refractivity contribution in [2.45, 2.75) is 19.9 Å². The molecule has 1 heterocycles. The number of aromatic nitrogens is 2.